The number of anilines is 1. The highest BCUT2D eigenvalue weighted by Crippen LogP contribution is 2.32. The molecular formula is C11H11FN2O4S. The number of rotatable bonds is 3. The lowest BCUT2D eigenvalue weighted by Gasteiger charge is -2.28. The summed E-state index contributed by atoms with van der Waals surface area (Å²) in [5, 5.41) is 19.8. The molecule has 0 amide bonds. The van der Waals surface area contributed by atoms with Crippen LogP contribution < -0.4 is 4.90 Å². The van der Waals surface area contributed by atoms with Gasteiger partial charge in [-0.3, -0.25) is 10.1 Å². The molecule has 0 aromatic heterocycles. The zero-order valence-electron chi connectivity index (χ0n) is 9.84. The van der Waals surface area contributed by atoms with Crippen LogP contribution in [0.25, 0.3) is 0 Å². The quantitative estimate of drug-likeness (QED) is 0.675. The third kappa shape index (κ3) is 2.78. The smallest absolute Gasteiger partial charge is 0.338 e. The van der Waals surface area contributed by atoms with Crippen molar-refractivity contribution in [2.75, 3.05) is 29.5 Å². The van der Waals surface area contributed by atoms with Gasteiger partial charge < -0.3 is 10.0 Å². The average Bonchev–Trinajstić information content (AvgIpc) is 2.38. The Hall–Kier alpha value is -1.83. The van der Waals surface area contributed by atoms with Crippen molar-refractivity contribution in [1.29, 1.82) is 0 Å². The van der Waals surface area contributed by atoms with Crippen LogP contribution in [-0.2, 0) is 0 Å². The van der Waals surface area contributed by atoms with Gasteiger partial charge in [0.15, 0.2) is 0 Å². The van der Waals surface area contributed by atoms with Crippen LogP contribution >= 0.6 is 11.8 Å². The van der Waals surface area contributed by atoms with Crippen LogP contribution in [0.15, 0.2) is 12.1 Å². The van der Waals surface area contributed by atoms with Crippen molar-refractivity contribution in [3.05, 3.63) is 33.6 Å². The van der Waals surface area contributed by atoms with Crippen molar-refractivity contribution in [3.63, 3.8) is 0 Å². The highest BCUT2D eigenvalue weighted by Gasteiger charge is 2.26. The predicted molar refractivity (Wildman–Crippen MR) is 69.6 cm³/mol. The van der Waals surface area contributed by atoms with Crippen molar-refractivity contribution in [2.45, 2.75) is 0 Å². The van der Waals surface area contributed by atoms with E-state index in [1.54, 1.807) is 16.7 Å². The third-order valence-corrected chi connectivity index (χ3v) is 3.79. The zero-order chi connectivity index (χ0) is 14.0. The number of thioether (sulfide) groups is 1. The van der Waals surface area contributed by atoms with Gasteiger partial charge in [-0.25, -0.2) is 9.18 Å². The molecule has 1 fully saturated rings. The third-order valence-electron chi connectivity index (χ3n) is 2.84. The Morgan fingerprint density at radius 2 is 2.05 bits per heavy atom. The number of aromatic carboxylic acids is 1. The van der Waals surface area contributed by atoms with Crippen LogP contribution in [0.4, 0.5) is 15.8 Å². The Kier molecular flexibility index (Phi) is 3.89. The highest BCUT2D eigenvalue weighted by molar-refractivity contribution is 7.99. The molecule has 0 aliphatic carbocycles. The van der Waals surface area contributed by atoms with Gasteiger partial charge >= 0.3 is 5.97 Å². The summed E-state index contributed by atoms with van der Waals surface area (Å²) in [5.41, 5.74) is -0.766. The first-order valence-electron chi connectivity index (χ1n) is 5.54. The molecule has 0 atom stereocenters. The molecule has 102 valence electrons. The summed E-state index contributed by atoms with van der Waals surface area (Å²) in [6, 6.07) is 1.73. The van der Waals surface area contributed by atoms with Crippen LogP contribution in [-0.4, -0.2) is 40.6 Å². The van der Waals surface area contributed by atoms with Gasteiger partial charge in [0, 0.05) is 24.6 Å². The number of hydrogen-bond acceptors (Lipinski definition) is 5. The SMILES string of the molecule is O=C(O)c1cc(N2CCSCC2)c([N+](=O)[O-])cc1F. The minimum Gasteiger partial charge on any atom is -0.478 e. The maximum atomic E-state index is 13.5. The fraction of sp³-hybridized carbons (Fsp3) is 0.364. The Labute approximate surface area is 112 Å². The molecule has 1 aromatic carbocycles. The zero-order valence-corrected chi connectivity index (χ0v) is 10.7. The summed E-state index contributed by atoms with van der Waals surface area (Å²) in [7, 11) is 0. The molecule has 1 aliphatic heterocycles. The van der Waals surface area contributed by atoms with Crippen molar-refractivity contribution in [2.24, 2.45) is 0 Å². The van der Waals surface area contributed by atoms with Gasteiger partial charge in [-0.1, -0.05) is 0 Å². The molecule has 1 aromatic rings. The van der Waals surface area contributed by atoms with E-state index in [-0.39, 0.29) is 5.69 Å². The second-order valence-corrected chi connectivity index (χ2v) is 5.21. The van der Waals surface area contributed by atoms with E-state index in [9.17, 15) is 19.3 Å². The molecule has 0 radical (unpaired) electrons. The molecule has 6 nitrogen and oxygen atoms in total. The molecule has 1 saturated heterocycles. The molecular weight excluding hydrogens is 275 g/mol. The first-order chi connectivity index (χ1) is 9.00. The van der Waals surface area contributed by atoms with Crippen LogP contribution in [0.2, 0.25) is 0 Å². The molecule has 1 N–H and O–H groups in total. The molecule has 19 heavy (non-hydrogen) atoms. The monoisotopic (exact) mass is 286 g/mol. The summed E-state index contributed by atoms with van der Waals surface area (Å²) >= 11 is 1.72. The second kappa shape index (κ2) is 5.43. The van der Waals surface area contributed by atoms with Crippen LogP contribution in [0.3, 0.4) is 0 Å². The number of nitrogens with zero attached hydrogens (tertiary/aromatic N) is 2. The predicted octanol–water partition coefficient (Wildman–Crippen LogP) is 1.99. The highest BCUT2D eigenvalue weighted by atomic mass is 32.2. The lowest BCUT2D eigenvalue weighted by molar-refractivity contribution is -0.384. The number of halogens is 1. The van der Waals surface area contributed by atoms with E-state index >= 15 is 0 Å². The summed E-state index contributed by atoms with van der Waals surface area (Å²) in [6.07, 6.45) is 0. The Morgan fingerprint density at radius 3 is 2.58 bits per heavy atom. The van der Waals surface area contributed by atoms with E-state index in [1.807, 2.05) is 0 Å². The van der Waals surface area contributed by atoms with E-state index in [0.717, 1.165) is 17.6 Å². The molecule has 1 heterocycles. The lowest BCUT2D eigenvalue weighted by atomic mass is 10.1. The number of carboxylic acids is 1. The lowest BCUT2D eigenvalue weighted by Crippen LogP contribution is -2.33. The van der Waals surface area contributed by atoms with Crippen molar-refractivity contribution >= 4 is 29.1 Å². The minimum absolute atomic E-state index is 0.170. The number of nitro benzene ring substituents is 1. The molecule has 0 unspecified atom stereocenters. The number of hydrogen-bond donors (Lipinski definition) is 1. The molecule has 0 bridgehead atoms. The largest absolute Gasteiger partial charge is 0.478 e. The number of benzene rings is 1. The summed E-state index contributed by atoms with van der Waals surface area (Å²) < 4.78 is 13.5. The summed E-state index contributed by atoms with van der Waals surface area (Å²) in [4.78, 5) is 22.9. The second-order valence-electron chi connectivity index (χ2n) is 3.98. The fourth-order valence-corrected chi connectivity index (χ4v) is 2.82. The van der Waals surface area contributed by atoms with Crippen molar-refractivity contribution in [1.82, 2.24) is 0 Å². The Balaban J connectivity index is 2.51. The van der Waals surface area contributed by atoms with Gasteiger partial charge in [-0.15, -0.1) is 0 Å². The topological polar surface area (TPSA) is 83.7 Å². The van der Waals surface area contributed by atoms with Gasteiger partial charge in [-0.2, -0.15) is 11.8 Å². The standard InChI is InChI=1S/C11H11FN2O4S/c12-8-6-10(14(17)18)9(5-7(8)11(15)16)13-1-3-19-4-2-13/h5-6H,1-4H2,(H,15,16). The van der Waals surface area contributed by atoms with E-state index in [2.05, 4.69) is 0 Å². The Morgan fingerprint density at radius 1 is 1.42 bits per heavy atom. The maximum absolute atomic E-state index is 13.5. The van der Waals surface area contributed by atoms with Gasteiger partial charge in [0.05, 0.1) is 16.6 Å². The molecule has 2 rings (SSSR count). The molecule has 0 spiro atoms. The maximum Gasteiger partial charge on any atom is 0.338 e. The first kappa shape index (κ1) is 13.6. The van der Waals surface area contributed by atoms with Crippen LogP contribution in [0.1, 0.15) is 10.4 Å². The van der Waals surface area contributed by atoms with Gasteiger partial charge in [0.1, 0.15) is 11.5 Å². The summed E-state index contributed by atoms with van der Waals surface area (Å²) in [6.45, 7) is 1.16. The normalized spacial score (nSPS) is 15.3. The van der Waals surface area contributed by atoms with Crippen molar-refractivity contribution < 1.29 is 19.2 Å². The average molecular weight is 286 g/mol. The van der Waals surface area contributed by atoms with E-state index in [1.165, 1.54) is 0 Å². The van der Waals surface area contributed by atoms with E-state index < -0.39 is 28.0 Å². The number of nitro groups is 1. The number of carboxylic acid groups (broad SMARTS) is 1. The number of carbonyl (C=O) groups is 1. The Bertz CT molecular complexity index is 532. The van der Waals surface area contributed by atoms with Gasteiger partial charge in [0.2, 0.25) is 0 Å². The molecule has 1 aliphatic rings. The van der Waals surface area contributed by atoms with Crippen LogP contribution in [0.5, 0.6) is 0 Å². The summed E-state index contributed by atoms with van der Waals surface area (Å²) in [5.74, 6) is -0.914. The molecule has 0 saturated carbocycles. The molecule has 8 heteroatoms. The van der Waals surface area contributed by atoms with E-state index in [0.29, 0.717) is 19.2 Å². The minimum atomic E-state index is -1.43. The first-order valence-corrected chi connectivity index (χ1v) is 6.70. The van der Waals surface area contributed by atoms with Crippen LogP contribution in [0, 0.1) is 15.9 Å². The van der Waals surface area contributed by atoms with Gasteiger partial charge in [-0.05, 0) is 6.07 Å². The van der Waals surface area contributed by atoms with Crippen molar-refractivity contribution in [3.8, 4) is 0 Å². The fourth-order valence-electron chi connectivity index (χ4n) is 1.92. The van der Waals surface area contributed by atoms with E-state index in [4.69, 9.17) is 5.11 Å². The van der Waals surface area contributed by atoms with Gasteiger partial charge in [0.25, 0.3) is 5.69 Å².